The highest BCUT2D eigenvalue weighted by atomic mass is 16.6. The SMILES string of the molecule is CC1CCCC(C2(OC(=O)C(C)(CC(C)(C)C)C(C)(C)C)C3CC4CC(C3)CC2C4)C1. The van der Waals surface area contributed by atoms with Crippen LogP contribution in [0.3, 0.4) is 0 Å². The summed E-state index contributed by atoms with van der Waals surface area (Å²) in [7, 11) is 0. The average Bonchev–Trinajstić information content (AvgIpc) is 2.61. The van der Waals surface area contributed by atoms with Crippen molar-refractivity contribution in [1.82, 2.24) is 0 Å². The molecule has 2 nitrogen and oxygen atoms in total. The first-order valence-corrected chi connectivity index (χ1v) is 13.5. The van der Waals surface area contributed by atoms with Crippen LogP contribution in [0.1, 0.15) is 120 Å². The van der Waals surface area contributed by atoms with Crippen molar-refractivity contribution in [2.45, 2.75) is 125 Å². The fourth-order valence-corrected chi connectivity index (χ4v) is 8.66. The molecule has 0 heterocycles. The van der Waals surface area contributed by atoms with Crippen molar-refractivity contribution in [3.8, 4) is 0 Å². The van der Waals surface area contributed by atoms with Gasteiger partial charge < -0.3 is 4.74 Å². The summed E-state index contributed by atoms with van der Waals surface area (Å²) in [5, 5.41) is 0. The summed E-state index contributed by atoms with van der Waals surface area (Å²) in [6.45, 7) is 18.2. The Labute approximate surface area is 192 Å². The predicted molar refractivity (Wildman–Crippen MR) is 129 cm³/mol. The third-order valence-corrected chi connectivity index (χ3v) is 10.2. The minimum Gasteiger partial charge on any atom is -0.458 e. The zero-order chi connectivity index (χ0) is 22.8. The summed E-state index contributed by atoms with van der Waals surface area (Å²) in [5.74, 6) is 4.49. The zero-order valence-corrected chi connectivity index (χ0v) is 21.9. The van der Waals surface area contributed by atoms with Gasteiger partial charge in [0, 0.05) is 0 Å². The Morgan fingerprint density at radius 3 is 1.81 bits per heavy atom. The molecule has 3 unspecified atom stereocenters. The molecule has 0 aromatic heterocycles. The van der Waals surface area contributed by atoms with Crippen LogP contribution in [-0.2, 0) is 9.53 Å². The first-order chi connectivity index (χ1) is 14.2. The number of carbonyl (C=O) groups excluding carboxylic acids is 1. The van der Waals surface area contributed by atoms with Crippen LogP contribution >= 0.6 is 0 Å². The quantitative estimate of drug-likeness (QED) is 0.422. The second-order valence-corrected chi connectivity index (χ2v) is 14.8. The fraction of sp³-hybridized carbons (Fsp3) is 0.966. The van der Waals surface area contributed by atoms with Crippen LogP contribution in [0.4, 0.5) is 0 Å². The standard InChI is InChI=1S/C29H50O2/c1-19-10-9-11-22(12-19)29(23-14-20-13-21(16-23)17-24(29)15-20)31-25(30)28(8,27(5,6)7)18-26(2,3)4/h19-24H,9-18H2,1-8H3. The van der Waals surface area contributed by atoms with Gasteiger partial charge in [0.05, 0.1) is 5.41 Å². The summed E-state index contributed by atoms with van der Waals surface area (Å²) in [4.78, 5) is 14.3. The van der Waals surface area contributed by atoms with Gasteiger partial charge in [-0.15, -0.1) is 0 Å². The van der Waals surface area contributed by atoms with E-state index in [-0.39, 0.29) is 22.4 Å². The number of hydrogen-bond acceptors (Lipinski definition) is 2. The Morgan fingerprint density at radius 2 is 1.35 bits per heavy atom. The summed E-state index contributed by atoms with van der Waals surface area (Å²) in [5.41, 5.74) is -0.668. The third-order valence-electron chi connectivity index (χ3n) is 10.2. The van der Waals surface area contributed by atoms with E-state index in [1.165, 1.54) is 57.8 Å². The van der Waals surface area contributed by atoms with Crippen molar-refractivity contribution in [3.63, 3.8) is 0 Å². The van der Waals surface area contributed by atoms with Crippen molar-refractivity contribution in [1.29, 1.82) is 0 Å². The number of esters is 1. The van der Waals surface area contributed by atoms with Gasteiger partial charge in [0.25, 0.3) is 0 Å². The molecule has 0 spiro atoms. The molecular formula is C29H50O2. The molecule has 5 rings (SSSR count). The van der Waals surface area contributed by atoms with E-state index in [2.05, 4.69) is 55.4 Å². The van der Waals surface area contributed by atoms with Crippen LogP contribution in [0, 0.1) is 51.8 Å². The van der Waals surface area contributed by atoms with Crippen molar-refractivity contribution >= 4 is 5.97 Å². The Bertz CT molecular complexity index is 650. The van der Waals surface area contributed by atoms with Gasteiger partial charge in [-0.2, -0.15) is 0 Å². The summed E-state index contributed by atoms with van der Waals surface area (Å²) >= 11 is 0. The normalized spacial score (nSPS) is 42.3. The maximum absolute atomic E-state index is 14.3. The van der Waals surface area contributed by atoms with Crippen molar-refractivity contribution < 1.29 is 9.53 Å². The monoisotopic (exact) mass is 430 g/mol. The van der Waals surface area contributed by atoms with Crippen molar-refractivity contribution in [2.24, 2.45) is 51.8 Å². The van der Waals surface area contributed by atoms with Crippen LogP contribution in [0.5, 0.6) is 0 Å². The molecule has 2 heteroatoms. The second-order valence-electron chi connectivity index (χ2n) is 14.8. The van der Waals surface area contributed by atoms with E-state index >= 15 is 0 Å². The Hall–Kier alpha value is -0.530. The first kappa shape index (κ1) is 23.6. The molecule has 0 saturated heterocycles. The molecule has 0 N–H and O–H groups in total. The highest BCUT2D eigenvalue weighted by molar-refractivity contribution is 5.78. The lowest BCUT2D eigenvalue weighted by Gasteiger charge is -2.64. The Morgan fingerprint density at radius 1 is 0.806 bits per heavy atom. The smallest absolute Gasteiger partial charge is 0.312 e. The highest BCUT2D eigenvalue weighted by Crippen LogP contribution is 2.64. The van der Waals surface area contributed by atoms with Crippen LogP contribution in [0.15, 0.2) is 0 Å². The van der Waals surface area contributed by atoms with E-state index in [1.54, 1.807) is 0 Å². The summed E-state index contributed by atoms with van der Waals surface area (Å²) in [6.07, 6.45) is 12.8. The minimum absolute atomic E-state index is 0.0949. The second kappa shape index (κ2) is 7.76. The fourth-order valence-electron chi connectivity index (χ4n) is 8.66. The molecule has 0 aromatic carbocycles. The molecule has 0 aromatic rings. The van der Waals surface area contributed by atoms with Crippen LogP contribution < -0.4 is 0 Å². The lowest BCUT2D eigenvalue weighted by Crippen LogP contribution is -2.65. The molecule has 5 fully saturated rings. The van der Waals surface area contributed by atoms with E-state index in [9.17, 15) is 4.79 Å². The van der Waals surface area contributed by atoms with Crippen LogP contribution in [0.25, 0.3) is 0 Å². The van der Waals surface area contributed by atoms with Crippen molar-refractivity contribution in [2.75, 3.05) is 0 Å². The van der Waals surface area contributed by atoms with Crippen molar-refractivity contribution in [3.05, 3.63) is 0 Å². The molecule has 0 amide bonds. The van der Waals surface area contributed by atoms with Crippen LogP contribution in [-0.4, -0.2) is 11.6 Å². The van der Waals surface area contributed by atoms with Crippen LogP contribution in [0.2, 0.25) is 0 Å². The van der Waals surface area contributed by atoms with Gasteiger partial charge in [-0.05, 0) is 105 Å². The molecular weight excluding hydrogens is 380 g/mol. The Kier molecular flexibility index (Phi) is 5.92. The van der Waals surface area contributed by atoms with E-state index < -0.39 is 5.41 Å². The maximum Gasteiger partial charge on any atom is 0.312 e. The molecule has 0 radical (unpaired) electrons. The lowest BCUT2D eigenvalue weighted by molar-refractivity contribution is -0.245. The van der Waals surface area contributed by atoms with Gasteiger partial charge in [-0.3, -0.25) is 4.79 Å². The summed E-state index contributed by atoms with van der Waals surface area (Å²) in [6, 6.07) is 0. The Balaban J connectivity index is 1.70. The average molecular weight is 431 g/mol. The van der Waals surface area contributed by atoms with Gasteiger partial charge in [0.2, 0.25) is 0 Å². The molecule has 5 saturated carbocycles. The largest absolute Gasteiger partial charge is 0.458 e. The first-order valence-electron chi connectivity index (χ1n) is 13.5. The van der Waals surface area contributed by atoms with E-state index in [0.29, 0.717) is 17.8 Å². The lowest BCUT2D eigenvalue weighted by atomic mass is 9.46. The number of carbonyl (C=O) groups is 1. The summed E-state index contributed by atoms with van der Waals surface area (Å²) < 4.78 is 7.10. The highest BCUT2D eigenvalue weighted by Gasteiger charge is 2.64. The molecule has 31 heavy (non-hydrogen) atoms. The predicted octanol–water partition coefficient (Wildman–Crippen LogP) is 8.04. The number of ether oxygens (including phenoxy) is 1. The number of rotatable bonds is 4. The van der Waals surface area contributed by atoms with E-state index in [0.717, 1.165) is 24.2 Å². The van der Waals surface area contributed by atoms with E-state index in [4.69, 9.17) is 4.74 Å². The molecule has 4 bridgehead atoms. The van der Waals surface area contributed by atoms with Gasteiger partial charge in [-0.1, -0.05) is 61.3 Å². The molecule has 5 aliphatic rings. The number of hydrogen-bond donors (Lipinski definition) is 0. The maximum atomic E-state index is 14.3. The third kappa shape index (κ3) is 4.12. The molecule has 178 valence electrons. The topological polar surface area (TPSA) is 26.3 Å². The van der Waals surface area contributed by atoms with Gasteiger partial charge in [-0.25, -0.2) is 0 Å². The van der Waals surface area contributed by atoms with Gasteiger partial charge >= 0.3 is 5.97 Å². The molecule has 3 atom stereocenters. The van der Waals surface area contributed by atoms with Gasteiger partial charge in [0.15, 0.2) is 0 Å². The zero-order valence-electron chi connectivity index (χ0n) is 21.9. The minimum atomic E-state index is -0.465. The molecule has 0 aliphatic heterocycles. The van der Waals surface area contributed by atoms with Gasteiger partial charge in [0.1, 0.15) is 5.60 Å². The van der Waals surface area contributed by atoms with E-state index in [1.807, 2.05) is 0 Å². The molecule has 5 aliphatic carbocycles.